The van der Waals surface area contributed by atoms with Crippen LogP contribution in [0.15, 0.2) is 53.4 Å². The molecule has 0 aliphatic carbocycles. The number of aryl methyl sites for hydroxylation is 2. The summed E-state index contributed by atoms with van der Waals surface area (Å²) >= 11 is 0. The third kappa shape index (κ3) is 2.74. The maximum Gasteiger partial charge on any atom is 0.257 e. The molecule has 0 unspecified atom stereocenters. The van der Waals surface area contributed by atoms with E-state index in [-0.39, 0.29) is 5.91 Å². The minimum Gasteiger partial charge on any atom is -0.361 e. The number of nitrogens with one attached hydrogen (secondary N) is 1. The summed E-state index contributed by atoms with van der Waals surface area (Å²) in [5.41, 5.74) is 4.23. The Morgan fingerprint density at radius 1 is 1.18 bits per heavy atom. The number of nitrogens with zero attached hydrogens (tertiary/aromatic N) is 2. The predicted molar refractivity (Wildman–Crippen MR) is 83.6 cm³/mol. The minimum absolute atomic E-state index is 0.176. The highest BCUT2D eigenvalue weighted by atomic mass is 16.5. The van der Waals surface area contributed by atoms with Crippen molar-refractivity contribution in [1.82, 2.24) is 10.1 Å². The molecule has 110 valence electrons. The Bertz CT molecular complexity index is 810. The van der Waals surface area contributed by atoms with Gasteiger partial charge in [-0.2, -0.15) is 0 Å². The van der Waals surface area contributed by atoms with Gasteiger partial charge >= 0.3 is 0 Å². The average Bonchev–Trinajstić information content (AvgIpc) is 2.96. The van der Waals surface area contributed by atoms with Crippen LogP contribution in [0.3, 0.4) is 0 Å². The van der Waals surface area contributed by atoms with Crippen molar-refractivity contribution in [3.8, 4) is 11.1 Å². The molecule has 0 saturated carbocycles. The van der Waals surface area contributed by atoms with Crippen molar-refractivity contribution in [1.29, 1.82) is 0 Å². The number of carbonyl (C=O) groups is 1. The number of hydrogen-bond donors (Lipinski definition) is 1. The fourth-order valence-corrected chi connectivity index (χ4v) is 2.24. The zero-order valence-corrected chi connectivity index (χ0v) is 12.3. The van der Waals surface area contributed by atoms with E-state index in [2.05, 4.69) is 15.5 Å². The van der Waals surface area contributed by atoms with Crippen molar-refractivity contribution in [2.45, 2.75) is 13.8 Å². The van der Waals surface area contributed by atoms with Gasteiger partial charge in [-0.1, -0.05) is 11.2 Å². The molecule has 0 radical (unpaired) electrons. The standard InChI is InChI=1S/C17H15N3O2/c1-11-8-13(15-10-19-22-12(15)2)5-6-16(11)20-17(21)14-4-3-7-18-9-14/h3-10H,1-2H3,(H,20,21). The van der Waals surface area contributed by atoms with Crippen LogP contribution in [0.25, 0.3) is 11.1 Å². The number of pyridine rings is 1. The lowest BCUT2D eigenvalue weighted by atomic mass is 10.0. The lowest BCUT2D eigenvalue weighted by Crippen LogP contribution is -2.12. The Morgan fingerprint density at radius 3 is 2.68 bits per heavy atom. The summed E-state index contributed by atoms with van der Waals surface area (Å²) in [6.45, 7) is 3.82. The predicted octanol–water partition coefficient (Wildman–Crippen LogP) is 3.61. The number of aromatic nitrogens is 2. The summed E-state index contributed by atoms with van der Waals surface area (Å²) in [4.78, 5) is 16.1. The quantitative estimate of drug-likeness (QED) is 0.801. The third-order valence-electron chi connectivity index (χ3n) is 3.46. The highest BCUT2D eigenvalue weighted by Gasteiger charge is 2.10. The van der Waals surface area contributed by atoms with Crippen molar-refractivity contribution in [3.63, 3.8) is 0 Å². The van der Waals surface area contributed by atoms with Crippen molar-refractivity contribution >= 4 is 11.6 Å². The molecule has 0 bridgehead atoms. The molecule has 5 heteroatoms. The highest BCUT2D eigenvalue weighted by Crippen LogP contribution is 2.27. The van der Waals surface area contributed by atoms with Crippen molar-refractivity contribution in [2.24, 2.45) is 0 Å². The zero-order valence-electron chi connectivity index (χ0n) is 12.3. The number of anilines is 1. The first-order valence-electron chi connectivity index (χ1n) is 6.89. The Labute approximate surface area is 128 Å². The van der Waals surface area contributed by atoms with Gasteiger partial charge in [0.1, 0.15) is 5.76 Å². The molecule has 3 rings (SSSR count). The molecule has 3 aromatic rings. The van der Waals surface area contributed by atoms with Gasteiger partial charge in [0.15, 0.2) is 0 Å². The lowest BCUT2D eigenvalue weighted by molar-refractivity contribution is 0.102. The second-order valence-electron chi connectivity index (χ2n) is 5.02. The van der Waals surface area contributed by atoms with Gasteiger partial charge < -0.3 is 9.84 Å². The molecule has 0 atom stereocenters. The van der Waals surface area contributed by atoms with E-state index in [1.807, 2.05) is 32.0 Å². The summed E-state index contributed by atoms with van der Waals surface area (Å²) in [5.74, 6) is 0.594. The number of hydrogen-bond acceptors (Lipinski definition) is 4. The summed E-state index contributed by atoms with van der Waals surface area (Å²) in [5, 5.41) is 6.68. The number of carbonyl (C=O) groups excluding carboxylic acids is 1. The molecule has 0 aliphatic heterocycles. The van der Waals surface area contributed by atoms with Crippen LogP contribution >= 0.6 is 0 Å². The van der Waals surface area contributed by atoms with Crippen LogP contribution in [0.2, 0.25) is 0 Å². The van der Waals surface area contributed by atoms with E-state index in [9.17, 15) is 4.79 Å². The van der Waals surface area contributed by atoms with Gasteiger partial charge in [-0.3, -0.25) is 9.78 Å². The van der Waals surface area contributed by atoms with Gasteiger partial charge in [0.25, 0.3) is 5.91 Å². The first-order chi connectivity index (χ1) is 10.6. The highest BCUT2D eigenvalue weighted by molar-refractivity contribution is 6.04. The van der Waals surface area contributed by atoms with E-state index >= 15 is 0 Å². The van der Waals surface area contributed by atoms with E-state index in [1.54, 1.807) is 30.7 Å². The van der Waals surface area contributed by atoms with Crippen LogP contribution in [0.5, 0.6) is 0 Å². The minimum atomic E-state index is -0.176. The molecule has 5 nitrogen and oxygen atoms in total. The first kappa shape index (κ1) is 14.0. The molecule has 0 fully saturated rings. The Morgan fingerprint density at radius 2 is 2.05 bits per heavy atom. The van der Waals surface area contributed by atoms with Crippen LogP contribution in [-0.4, -0.2) is 16.0 Å². The molecular formula is C17H15N3O2. The molecule has 22 heavy (non-hydrogen) atoms. The smallest absolute Gasteiger partial charge is 0.257 e. The zero-order chi connectivity index (χ0) is 15.5. The SMILES string of the molecule is Cc1cc(-c2cnoc2C)ccc1NC(=O)c1cccnc1. The van der Waals surface area contributed by atoms with Gasteiger partial charge in [-0.15, -0.1) is 0 Å². The topological polar surface area (TPSA) is 68.0 Å². The van der Waals surface area contributed by atoms with Gasteiger partial charge in [0.2, 0.25) is 0 Å². The van der Waals surface area contributed by atoms with Crippen molar-refractivity contribution in [3.05, 3.63) is 65.8 Å². The van der Waals surface area contributed by atoms with E-state index in [0.717, 1.165) is 28.1 Å². The number of rotatable bonds is 3. The van der Waals surface area contributed by atoms with E-state index in [4.69, 9.17) is 4.52 Å². The number of benzene rings is 1. The summed E-state index contributed by atoms with van der Waals surface area (Å²) in [6, 6.07) is 9.28. The van der Waals surface area contributed by atoms with Gasteiger partial charge in [-0.05, 0) is 49.2 Å². The van der Waals surface area contributed by atoms with E-state index in [0.29, 0.717) is 5.56 Å². The molecule has 1 N–H and O–H groups in total. The van der Waals surface area contributed by atoms with E-state index in [1.165, 1.54) is 0 Å². The van der Waals surface area contributed by atoms with E-state index < -0.39 is 0 Å². The largest absolute Gasteiger partial charge is 0.361 e. The molecule has 0 saturated heterocycles. The molecule has 1 aromatic carbocycles. The fourth-order valence-electron chi connectivity index (χ4n) is 2.24. The van der Waals surface area contributed by atoms with Crippen LogP contribution < -0.4 is 5.32 Å². The molecular weight excluding hydrogens is 278 g/mol. The average molecular weight is 293 g/mol. The van der Waals surface area contributed by atoms with Gasteiger partial charge in [-0.25, -0.2) is 0 Å². The monoisotopic (exact) mass is 293 g/mol. The molecule has 2 heterocycles. The summed E-state index contributed by atoms with van der Waals surface area (Å²) in [6.07, 6.45) is 4.87. The molecule has 2 aromatic heterocycles. The van der Waals surface area contributed by atoms with Crippen molar-refractivity contribution < 1.29 is 9.32 Å². The van der Waals surface area contributed by atoms with Crippen LogP contribution in [0.4, 0.5) is 5.69 Å². The maximum absolute atomic E-state index is 12.2. The number of amides is 1. The summed E-state index contributed by atoms with van der Waals surface area (Å²) < 4.78 is 5.08. The third-order valence-corrected chi connectivity index (χ3v) is 3.46. The molecule has 0 aliphatic rings. The van der Waals surface area contributed by atoms with Gasteiger partial charge in [0, 0.05) is 23.6 Å². The Hall–Kier alpha value is -2.95. The molecule has 0 spiro atoms. The van der Waals surface area contributed by atoms with Gasteiger partial charge in [0.05, 0.1) is 11.8 Å². The van der Waals surface area contributed by atoms with Crippen LogP contribution in [-0.2, 0) is 0 Å². The second kappa shape index (κ2) is 5.81. The first-order valence-corrected chi connectivity index (χ1v) is 6.89. The second-order valence-corrected chi connectivity index (χ2v) is 5.02. The summed E-state index contributed by atoms with van der Waals surface area (Å²) in [7, 11) is 0. The lowest BCUT2D eigenvalue weighted by Gasteiger charge is -2.10. The Balaban J connectivity index is 1.84. The maximum atomic E-state index is 12.2. The van der Waals surface area contributed by atoms with Crippen molar-refractivity contribution in [2.75, 3.05) is 5.32 Å². The van der Waals surface area contributed by atoms with Crippen LogP contribution in [0, 0.1) is 13.8 Å². The van der Waals surface area contributed by atoms with Crippen LogP contribution in [0.1, 0.15) is 21.7 Å². The Kier molecular flexibility index (Phi) is 3.70. The normalized spacial score (nSPS) is 10.5. The fraction of sp³-hybridized carbons (Fsp3) is 0.118. The molecule has 1 amide bonds.